The zero-order valence-electron chi connectivity index (χ0n) is 12.8. The van der Waals surface area contributed by atoms with E-state index in [0.29, 0.717) is 11.8 Å². The standard InChI is InChI=1S/C16H26N2O2/c1-4-14-7-5-6-8-18(14)11-12-9-13(17)10-15(19-2)16(12)20-3/h9-10,14H,4-8,11,17H2,1-3H3. The molecule has 2 rings (SSSR count). The van der Waals surface area contributed by atoms with Gasteiger partial charge >= 0.3 is 0 Å². The van der Waals surface area contributed by atoms with Gasteiger partial charge in [-0.05, 0) is 31.9 Å². The van der Waals surface area contributed by atoms with Crippen LogP contribution in [-0.2, 0) is 6.54 Å². The van der Waals surface area contributed by atoms with Gasteiger partial charge in [0.05, 0.1) is 14.2 Å². The van der Waals surface area contributed by atoms with Crippen LogP contribution in [0, 0.1) is 0 Å². The molecule has 2 N–H and O–H groups in total. The lowest BCUT2D eigenvalue weighted by atomic mass is 9.99. The normalized spacial score (nSPS) is 19.9. The van der Waals surface area contributed by atoms with Crippen molar-refractivity contribution < 1.29 is 9.47 Å². The second-order valence-corrected chi connectivity index (χ2v) is 5.44. The summed E-state index contributed by atoms with van der Waals surface area (Å²) in [6, 6.07) is 4.49. The molecule has 1 aromatic carbocycles. The van der Waals surface area contributed by atoms with Crippen LogP contribution in [0.3, 0.4) is 0 Å². The Morgan fingerprint density at radius 2 is 2.05 bits per heavy atom. The number of nitrogen functional groups attached to an aromatic ring is 1. The molecule has 1 fully saturated rings. The lowest BCUT2D eigenvalue weighted by Gasteiger charge is -2.35. The molecule has 1 aliphatic rings. The molecule has 0 spiro atoms. The van der Waals surface area contributed by atoms with E-state index in [4.69, 9.17) is 15.2 Å². The first-order valence-corrected chi connectivity index (χ1v) is 7.44. The number of anilines is 1. The molecule has 4 nitrogen and oxygen atoms in total. The van der Waals surface area contributed by atoms with E-state index in [9.17, 15) is 0 Å². The number of hydrogen-bond donors (Lipinski definition) is 1. The quantitative estimate of drug-likeness (QED) is 0.841. The van der Waals surface area contributed by atoms with Gasteiger partial charge in [-0.1, -0.05) is 13.3 Å². The maximum Gasteiger partial charge on any atom is 0.165 e. The zero-order chi connectivity index (χ0) is 14.5. The van der Waals surface area contributed by atoms with Crippen LogP contribution in [-0.4, -0.2) is 31.7 Å². The Morgan fingerprint density at radius 1 is 1.25 bits per heavy atom. The lowest BCUT2D eigenvalue weighted by Crippen LogP contribution is -2.38. The smallest absolute Gasteiger partial charge is 0.165 e. The van der Waals surface area contributed by atoms with Gasteiger partial charge in [-0.2, -0.15) is 0 Å². The minimum atomic E-state index is 0.667. The summed E-state index contributed by atoms with van der Waals surface area (Å²) in [5, 5.41) is 0. The fraction of sp³-hybridized carbons (Fsp3) is 0.625. The predicted molar refractivity (Wildman–Crippen MR) is 82.3 cm³/mol. The molecular formula is C16H26N2O2. The van der Waals surface area contributed by atoms with E-state index in [1.54, 1.807) is 14.2 Å². The summed E-state index contributed by atoms with van der Waals surface area (Å²) in [5.41, 5.74) is 7.82. The van der Waals surface area contributed by atoms with E-state index in [1.807, 2.05) is 12.1 Å². The number of likely N-dealkylation sites (tertiary alicyclic amines) is 1. The van der Waals surface area contributed by atoms with Crippen molar-refractivity contribution in [3.8, 4) is 11.5 Å². The van der Waals surface area contributed by atoms with Crippen LogP contribution < -0.4 is 15.2 Å². The van der Waals surface area contributed by atoms with Crippen molar-refractivity contribution in [3.05, 3.63) is 17.7 Å². The first-order chi connectivity index (χ1) is 9.69. The first kappa shape index (κ1) is 15.0. The lowest BCUT2D eigenvalue weighted by molar-refractivity contribution is 0.134. The first-order valence-electron chi connectivity index (χ1n) is 7.44. The molecule has 0 bridgehead atoms. The Hall–Kier alpha value is -1.42. The largest absolute Gasteiger partial charge is 0.493 e. The molecule has 1 unspecified atom stereocenters. The van der Waals surface area contributed by atoms with Gasteiger partial charge < -0.3 is 15.2 Å². The number of rotatable bonds is 5. The molecular weight excluding hydrogens is 252 g/mol. The van der Waals surface area contributed by atoms with E-state index >= 15 is 0 Å². The molecule has 1 saturated heterocycles. The molecule has 1 aliphatic heterocycles. The van der Waals surface area contributed by atoms with Crippen molar-refractivity contribution in [1.29, 1.82) is 0 Å². The highest BCUT2D eigenvalue weighted by atomic mass is 16.5. The summed E-state index contributed by atoms with van der Waals surface area (Å²) in [6.07, 6.45) is 5.10. The number of piperidine rings is 1. The summed E-state index contributed by atoms with van der Waals surface area (Å²) < 4.78 is 10.9. The third kappa shape index (κ3) is 3.18. The summed E-state index contributed by atoms with van der Waals surface area (Å²) in [5.74, 6) is 1.52. The van der Waals surface area contributed by atoms with E-state index in [1.165, 1.54) is 25.7 Å². The summed E-state index contributed by atoms with van der Waals surface area (Å²) in [7, 11) is 3.34. The van der Waals surface area contributed by atoms with Gasteiger partial charge in [-0.25, -0.2) is 0 Å². The Labute approximate surface area is 121 Å². The van der Waals surface area contributed by atoms with Gasteiger partial charge in [0.1, 0.15) is 0 Å². The Kier molecular flexibility index (Phi) is 5.12. The van der Waals surface area contributed by atoms with Crippen molar-refractivity contribution in [3.63, 3.8) is 0 Å². The van der Waals surface area contributed by atoms with E-state index in [0.717, 1.165) is 30.1 Å². The Balaban J connectivity index is 2.25. The molecule has 1 atom stereocenters. The minimum absolute atomic E-state index is 0.667. The summed E-state index contributed by atoms with van der Waals surface area (Å²) >= 11 is 0. The number of hydrogen-bond acceptors (Lipinski definition) is 4. The molecule has 1 aromatic rings. The highest BCUT2D eigenvalue weighted by Gasteiger charge is 2.23. The van der Waals surface area contributed by atoms with Gasteiger partial charge in [0.25, 0.3) is 0 Å². The van der Waals surface area contributed by atoms with Gasteiger partial charge in [0.2, 0.25) is 0 Å². The maximum absolute atomic E-state index is 5.98. The summed E-state index contributed by atoms with van der Waals surface area (Å²) in [4.78, 5) is 2.54. The van der Waals surface area contributed by atoms with Crippen molar-refractivity contribution >= 4 is 5.69 Å². The Morgan fingerprint density at radius 3 is 2.70 bits per heavy atom. The van der Waals surface area contributed by atoms with Crippen LogP contribution in [0.25, 0.3) is 0 Å². The number of ether oxygens (including phenoxy) is 2. The van der Waals surface area contributed by atoms with Gasteiger partial charge in [-0.15, -0.1) is 0 Å². The molecule has 1 heterocycles. The van der Waals surface area contributed by atoms with Crippen molar-refractivity contribution in [2.75, 3.05) is 26.5 Å². The van der Waals surface area contributed by atoms with Crippen LogP contribution in [0.2, 0.25) is 0 Å². The highest BCUT2D eigenvalue weighted by molar-refractivity contribution is 5.57. The van der Waals surface area contributed by atoms with Crippen LogP contribution in [0.15, 0.2) is 12.1 Å². The average Bonchev–Trinajstić information content (AvgIpc) is 2.47. The second-order valence-electron chi connectivity index (χ2n) is 5.44. The number of nitrogens with two attached hydrogens (primary N) is 1. The van der Waals surface area contributed by atoms with E-state index in [-0.39, 0.29) is 0 Å². The van der Waals surface area contributed by atoms with Gasteiger partial charge in [0, 0.05) is 29.9 Å². The molecule has 0 aliphatic carbocycles. The topological polar surface area (TPSA) is 47.7 Å². The van der Waals surface area contributed by atoms with Crippen LogP contribution in [0.5, 0.6) is 11.5 Å². The molecule has 0 saturated carbocycles. The molecule has 20 heavy (non-hydrogen) atoms. The van der Waals surface area contributed by atoms with E-state index in [2.05, 4.69) is 11.8 Å². The molecule has 0 aromatic heterocycles. The van der Waals surface area contributed by atoms with Crippen LogP contribution in [0.4, 0.5) is 5.69 Å². The number of nitrogens with zero attached hydrogens (tertiary/aromatic N) is 1. The predicted octanol–water partition coefficient (Wildman–Crippen LogP) is 3.05. The van der Waals surface area contributed by atoms with Gasteiger partial charge in [-0.3, -0.25) is 4.90 Å². The molecule has 112 valence electrons. The second kappa shape index (κ2) is 6.84. The zero-order valence-corrected chi connectivity index (χ0v) is 12.8. The fourth-order valence-corrected chi connectivity index (χ4v) is 3.13. The Bertz CT molecular complexity index is 448. The number of methoxy groups -OCH3 is 2. The number of benzene rings is 1. The van der Waals surface area contributed by atoms with Crippen molar-refractivity contribution in [2.24, 2.45) is 0 Å². The molecule has 4 heteroatoms. The third-order valence-corrected chi connectivity index (χ3v) is 4.17. The molecule has 0 radical (unpaired) electrons. The highest BCUT2D eigenvalue weighted by Crippen LogP contribution is 2.35. The fourth-order valence-electron chi connectivity index (χ4n) is 3.13. The monoisotopic (exact) mass is 278 g/mol. The molecule has 0 amide bonds. The minimum Gasteiger partial charge on any atom is -0.493 e. The van der Waals surface area contributed by atoms with Gasteiger partial charge in [0.15, 0.2) is 11.5 Å². The van der Waals surface area contributed by atoms with E-state index < -0.39 is 0 Å². The van der Waals surface area contributed by atoms with Crippen LogP contribution >= 0.6 is 0 Å². The van der Waals surface area contributed by atoms with Crippen molar-refractivity contribution in [1.82, 2.24) is 4.90 Å². The summed E-state index contributed by atoms with van der Waals surface area (Å²) in [6.45, 7) is 4.29. The van der Waals surface area contributed by atoms with Crippen LogP contribution in [0.1, 0.15) is 38.2 Å². The third-order valence-electron chi connectivity index (χ3n) is 4.17. The average molecular weight is 278 g/mol. The SMILES string of the molecule is CCC1CCCCN1Cc1cc(N)cc(OC)c1OC. The van der Waals surface area contributed by atoms with Crippen molar-refractivity contribution in [2.45, 2.75) is 45.2 Å². The maximum atomic E-state index is 5.98.